The summed E-state index contributed by atoms with van der Waals surface area (Å²) in [6, 6.07) is 59.8. The Kier molecular flexibility index (Phi) is 5.75. The highest BCUT2D eigenvalue weighted by molar-refractivity contribution is 7.26. The number of nitrogens with zero attached hydrogens (tertiary/aromatic N) is 1. The van der Waals surface area contributed by atoms with Gasteiger partial charge in [0.25, 0.3) is 0 Å². The molecule has 44 heavy (non-hydrogen) atoms. The summed E-state index contributed by atoms with van der Waals surface area (Å²) in [4.78, 5) is 2.43. The summed E-state index contributed by atoms with van der Waals surface area (Å²) < 4.78 is 2.67. The molecule has 2 heteroatoms. The third-order valence-electron chi connectivity index (χ3n) is 8.80. The van der Waals surface area contributed by atoms with Crippen molar-refractivity contribution in [2.24, 2.45) is 0 Å². The number of thiophene rings is 1. The van der Waals surface area contributed by atoms with E-state index in [0.29, 0.717) is 0 Å². The van der Waals surface area contributed by atoms with E-state index in [2.05, 4.69) is 169 Å². The van der Waals surface area contributed by atoms with Gasteiger partial charge in [-0.05, 0) is 75.1 Å². The van der Waals surface area contributed by atoms with E-state index in [4.69, 9.17) is 0 Å². The summed E-state index contributed by atoms with van der Waals surface area (Å²) in [7, 11) is 0. The van der Waals surface area contributed by atoms with Crippen LogP contribution >= 0.6 is 11.3 Å². The lowest BCUT2D eigenvalue weighted by atomic mass is 10.00. The number of fused-ring (bicyclic) bond motifs is 7. The number of rotatable bonds is 4. The lowest BCUT2D eigenvalue weighted by Crippen LogP contribution is -2.10. The Balaban J connectivity index is 1.27. The van der Waals surface area contributed by atoms with Gasteiger partial charge in [-0.2, -0.15) is 0 Å². The molecule has 0 bridgehead atoms. The molecule has 0 fully saturated rings. The Bertz CT molecular complexity index is 2500. The van der Waals surface area contributed by atoms with Crippen molar-refractivity contribution in [3.8, 4) is 11.1 Å². The minimum Gasteiger partial charge on any atom is -0.310 e. The zero-order valence-corrected chi connectivity index (χ0v) is 24.8. The van der Waals surface area contributed by atoms with Gasteiger partial charge in [-0.3, -0.25) is 0 Å². The Labute approximate surface area is 259 Å². The van der Waals surface area contributed by atoms with Gasteiger partial charge < -0.3 is 4.90 Å². The van der Waals surface area contributed by atoms with Crippen LogP contribution in [0.5, 0.6) is 0 Å². The van der Waals surface area contributed by atoms with Gasteiger partial charge in [0, 0.05) is 42.3 Å². The maximum absolute atomic E-state index is 2.43. The predicted octanol–water partition coefficient (Wildman–Crippen LogP) is 12.7. The molecule has 1 aromatic heterocycles. The molecule has 206 valence electrons. The Morgan fingerprint density at radius 1 is 0.364 bits per heavy atom. The number of hydrogen-bond donors (Lipinski definition) is 0. The molecule has 0 aliphatic heterocycles. The van der Waals surface area contributed by atoms with Gasteiger partial charge in [0.15, 0.2) is 0 Å². The quantitative estimate of drug-likeness (QED) is 0.201. The summed E-state index contributed by atoms with van der Waals surface area (Å²) in [5.74, 6) is 0. The van der Waals surface area contributed by atoms with Crippen LogP contribution in [0.25, 0.3) is 63.6 Å². The van der Waals surface area contributed by atoms with E-state index in [1.54, 1.807) is 0 Å². The molecule has 0 N–H and O–H groups in total. The molecule has 0 aliphatic carbocycles. The highest BCUT2D eigenvalue weighted by Gasteiger charge is 2.18. The molecular weight excluding hydrogens is 551 g/mol. The first-order valence-corrected chi connectivity index (χ1v) is 15.8. The zero-order chi connectivity index (χ0) is 29.0. The minimum atomic E-state index is 1.14. The average molecular weight is 578 g/mol. The Morgan fingerprint density at radius 3 is 1.93 bits per heavy atom. The van der Waals surface area contributed by atoms with E-state index in [9.17, 15) is 0 Å². The molecule has 8 aromatic carbocycles. The third kappa shape index (κ3) is 4.07. The van der Waals surface area contributed by atoms with Crippen LogP contribution in [0, 0.1) is 0 Å². The van der Waals surface area contributed by atoms with Crippen LogP contribution in [0.3, 0.4) is 0 Å². The molecule has 0 spiro atoms. The molecule has 0 atom stereocenters. The fraction of sp³-hybridized carbons (Fsp3) is 0. The van der Waals surface area contributed by atoms with E-state index in [0.717, 1.165) is 11.4 Å². The fourth-order valence-electron chi connectivity index (χ4n) is 6.64. The van der Waals surface area contributed by atoms with Crippen LogP contribution in [-0.2, 0) is 0 Å². The summed E-state index contributed by atoms with van der Waals surface area (Å²) >= 11 is 1.89. The largest absolute Gasteiger partial charge is 0.310 e. The minimum absolute atomic E-state index is 1.14. The summed E-state index contributed by atoms with van der Waals surface area (Å²) in [6.07, 6.45) is 0. The van der Waals surface area contributed by atoms with E-state index >= 15 is 0 Å². The predicted molar refractivity (Wildman–Crippen MR) is 192 cm³/mol. The topological polar surface area (TPSA) is 3.24 Å². The molecule has 1 heterocycles. The second kappa shape index (κ2) is 10.1. The molecule has 9 rings (SSSR count). The molecule has 0 unspecified atom stereocenters. The van der Waals surface area contributed by atoms with E-state index in [1.165, 1.54) is 69.3 Å². The lowest BCUT2D eigenvalue weighted by Gasteiger charge is -2.27. The molecular formula is C42H27NS. The van der Waals surface area contributed by atoms with Gasteiger partial charge in [0.2, 0.25) is 0 Å². The van der Waals surface area contributed by atoms with Crippen molar-refractivity contribution in [2.45, 2.75) is 0 Å². The van der Waals surface area contributed by atoms with Crippen LogP contribution in [0.15, 0.2) is 164 Å². The third-order valence-corrected chi connectivity index (χ3v) is 10.0. The van der Waals surface area contributed by atoms with Crippen molar-refractivity contribution >= 4 is 80.9 Å². The van der Waals surface area contributed by atoms with E-state index in [1.807, 2.05) is 11.3 Å². The Morgan fingerprint density at radius 2 is 1.02 bits per heavy atom. The van der Waals surface area contributed by atoms with Gasteiger partial charge in [0.1, 0.15) is 0 Å². The molecule has 9 aromatic rings. The van der Waals surface area contributed by atoms with Gasteiger partial charge >= 0.3 is 0 Å². The number of hydrogen-bond acceptors (Lipinski definition) is 2. The first-order valence-electron chi connectivity index (χ1n) is 15.0. The van der Waals surface area contributed by atoms with Crippen molar-refractivity contribution in [2.75, 3.05) is 4.90 Å². The molecule has 0 amide bonds. The fourth-order valence-corrected chi connectivity index (χ4v) is 7.87. The normalized spacial score (nSPS) is 11.6. The van der Waals surface area contributed by atoms with Crippen LogP contribution in [0.4, 0.5) is 17.1 Å². The number of anilines is 3. The van der Waals surface area contributed by atoms with Crippen molar-refractivity contribution in [1.82, 2.24) is 0 Å². The molecule has 0 saturated carbocycles. The second-order valence-corrected chi connectivity index (χ2v) is 12.4. The summed E-state index contributed by atoms with van der Waals surface area (Å²) in [5, 5.41) is 10.1. The van der Waals surface area contributed by atoms with Gasteiger partial charge in [-0.1, -0.05) is 121 Å². The SMILES string of the molecule is c1ccc(-c2ccc3cc(N(c4ccc5ccc6c7ccccc7sc6c5c4)c4cccc5ccccc45)ccc3c2)cc1. The standard InChI is InChI=1S/C42H27NS/c1-2-9-28(10-3-1)31-17-18-33-26-34(23-20-32(33)25-31)43(40-15-8-12-29-11-4-5-13-36(29)40)35-22-19-30-21-24-38-37-14-6-7-16-41(37)44-42(38)39(30)27-35/h1-27H. The first-order chi connectivity index (χ1) is 21.8. The molecule has 0 saturated heterocycles. The van der Waals surface area contributed by atoms with Crippen molar-refractivity contribution in [1.29, 1.82) is 0 Å². The zero-order valence-electron chi connectivity index (χ0n) is 23.9. The molecule has 0 radical (unpaired) electrons. The highest BCUT2D eigenvalue weighted by atomic mass is 32.1. The van der Waals surface area contributed by atoms with Crippen LogP contribution in [0.1, 0.15) is 0 Å². The van der Waals surface area contributed by atoms with Crippen molar-refractivity contribution < 1.29 is 0 Å². The monoisotopic (exact) mass is 577 g/mol. The van der Waals surface area contributed by atoms with Crippen LogP contribution in [-0.4, -0.2) is 0 Å². The lowest BCUT2D eigenvalue weighted by molar-refractivity contribution is 1.31. The molecule has 0 aliphatic rings. The van der Waals surface area contributed by atoms with Gasteiger partial charge in [0.05, 0.1) is 5.69 Å². The average Bonchev–Trinajstić information content (AvgIpc) is 3.48. The summed E-state index contributed by atoms with van der Waals surface area (Å²) in [5.41, 5.74) is 5.94. The maximum atomic E-state index is 2.43. The number of benzene rings is 8. The van der Waals surface area contributed by atoms with Crippen LogP contribution in [0.2, 0.25) is 0 Å². The van der Waals surface area contributed by atoms with Gasteiger partial charge in [-0.15, -0.1) is 11.3 Å². The van der Waals surface area contributed by atoms with Crippen LogP contribution < -0.4 is 4.90 Å². The maximum Gasteiger partial charge on any atom is 0.0540 e. The second-order valence-electron chi connectivity index (χ2n) is 11.4. The summed E-state index contributed by atoms with van der Waals surface area (Å²) in [6.45, 7) is 0. The van der Waals surface area contributed by atoms with Gasteiger partial charge in [-0.25, -0.2) is 0 Å². The smallest absolute Gasteiger partial charge is 0.0540 e. The van der Waals surface area contributed by atoms with Crippen molar-refractivity contribution in [3.05, 3.63) is 164 Å². The Hall–Kier alpha value is -5.44. The highest BCUT2D eigenvalue weighted by Crippen LogP contribution is 2.44. The van der Waals surface area contributed by atoms with E-state index in [-0.39, 0.29) is 0 Å². The van der Waals surface area contributed by atoms with Crippen molar-refractivity contribution in [3.63, 3.8) is 0 Å². The molecule has 1 nitrogen and oxygen atoms in total. The van der Waals surface area contributed by atoms with E-state index < -0.39 is 0 Å². The first kappa shape index (κ1) is 25.1.